The maximum absolute atomic E-state index is 5.20. The molecule has 0 aromatic carbocycles. The van der Waals surface area contributed by atoms with Crippen LogP contribution in [0, 0.1) is 17.8 Å². The van der Waals surface area contributed by atoms with Gasteiger partial charge in [-0.15, -0.1) is 0 Å². The third-order valence-corrected chi connectivity index (χ3v) is 5.24. The fraction of sp³-hybridized carbons (Fsp3) is 1.00. The normalized spacial score (nSPS) is 23.6. The van der Waals surface area contributed by atoms with Crippen LogP contribution in [0.1, 0.15) is 91.4 Å². The largest absolute Gasteiger partial charge is 0.381 e. The van der Waals surface area contributed by atoms with Crippen molar-refractivity contribution >= 4 is 0 Å². The van der Waals surface area contributed by atoms with Crippen molar-refractivity contribution < 1.29 is 4.74 Å². The van der Waals surface area contributed by atoms with Crippen molar-refractivity contribution in [1.82, 2.24) is 0 Å². The summed E-state index contributed by atoms with van der Waals surface area (Å²) in [6, 6.07) is 0. The van der Waals surface area contributed by atoms with E-state index in [0.29, 0.717) is 0 Å². The first-order valence-electron chi connectivity index (χ1n) is 9.37. The Hall–Kier alpha value is -0.0400. The van der Waals surface area contributed by atoms with Crippen LogP contribution in [0.4, 0.5) is 0 Å². The lowest BCUT2D eigenvalue weighted by Gasteiger charge is -2.19. The molecule has 0 N–H and O–H groups in total. The van der Waals surface area contributed by atoms with Gasteiger partial charge < -0.3 is 4.74 Å². The van der Waals surface area contributed by atoms with Gasteiger partial charge in [0.15, 0.2) is 0 Å². The Morgan fingerprint density at radius 3 is 1.25 bits per heavy atom. The molecule has 0 aromatic heterocycles. The molecule has 2 saturated carbocycles. The summed E-state index contributed by atoms with van der Waals surface area (Å²) in [6.07, 6.45) is 15.8. The fourth-order valence-corrected chi connectivity index (χ4v) is 3.10. The van der Waals surface area contributed by atoms with Crippen LogP contribution in [0.25, 0.3) is 0 Å². The molecule has 3 rings (SSSR count). The molecule has 120 valence electrons. The van der Waals surface area contributed by atoms with Crippen LogP contribution in [0.5, 0.6) is 0 Å². The zero-order valence-electron chi connectivity index (χ0n) is 14.3. The lowest BCUT2D eigenvalue weighted by Crippen LogP contribution is -2.14. The van der Waals surface area contributed by atoms with Crippen LogP contribution < -0.4 is 0 Å². The van der Waals surface area contributed by atoms with E-state index in [1.54, 1.807) is 0 Å². The molecule has 0 amide bonds. The zero-order valence-corrected chi connectivity index (χ0v) is 14.3. The van der Waals surface area contributed by atoms with E-state index in [-0.39, 0.29) is 0 Å². The summed E-state index contributed by atoms with van der Waals surface area (Å²) in [7, 11) is 0. The molecule has 2 aliphatic carbocycles. The molecule has 20 heavy (non-hydrogen) atoms. The highest BCUT2D eigenvalue weighted by molar-refractivity contribution is 4.69. The molecule has 0 aromatic rings. The highest BCUT2D eigenvalue weighted by atomic mass is 16.5. The van der Waals surface area contributed by atoms with E-state index in [0.717, 1.165) is 31.0 Å². The number of hydrogen-bond acceptors (Lipinski definition) is 1. The topological polar surface area (TPSA) is 9.23 Å². The summed E-state index contributed by atoms with van der Waals surface area (Å²) in [5.74, 6) is 3.19. The summed E-state index contributed by atoms with van der Waals surface area (Å²) >= 11 is 0. The fourth-order valence-electron chi connectivity index (χ4n) is 3.10. The Morgan fingerprint density at radius 1 is 0.600 bits per heavy atom. The van der Waals surface area contributed by atoms with Crippen LogP contribution in [0.2, 0.25) is 0 Å². The molecule has 0 bridgehead atoms. The molecule has 0 atom stereocenters. The lowest BCUT2D eigenvalue weighted by molar-refractivity contribution is 0.0654. The minimum absolute atomic E-state index is 0.962. The maximum atomic E-state index is 5.20. The van der Waals surface area contributed by atoms with Gasteiger partial charge in [-0.3, -0.25) is 0 Å². The smallest absolute Gasteiger partial charge is 0.0468 e. The second kappa shape index (κ2) is 11.6. The standard InChI is InChI=1S/C7H14O.C7H14.C5H10/c1-2-7-3-5-8-6-4-7;1-2-7-5-3-4-6-7;1-2-5-3-4-5/h7H,2-6H2,1H3;7H,2-6H2,1H3;5H,2-4H2,1H3. The van der Waals surface area contributed by atoms with Crippen LogP contribution in [0.3, 0.4) is 0 Å². The Kier molecular flexibility index (Phi) is 10.4. The average Bonchev–Trinajstić information content (AvgIpc) is 3.23. The van der Waals surface area contributed by atoms with Gasteiger partial charge in [0.05, 0.1) is 0 Å². The third kappa shape index (κ3) is 9.00. The SMILES string of the molecule is CCC1CC1.CCC1CCCC1.CCC1CCOCC1. The summed E-state index contributed by atoms with van der Waals surface area (Å²) < 4.78 is 5.20. The predicted octanol–water partition coefficient (Wildman–Crippen LogP) is 6.22. The van der Waals surface area contributed by atoms with Gasteiger partial charge in [-0.05, 0) is 30.6 Å². The zero-order chi connectivity index (χ0) is 14.6. The molecular weight excluding hydrogens is 244 g/mol. The average molecular weight is 283 g/mol. The molecule has 3 fully saturated rings. The van der Waals surface area contributed by atoms with E-state index in [1.165, 1.54) is 70.6 Å². The molecule has 1 heteroatoms. The first kappa shape index (κ1) is 18.0. The van der Waals surface area contributed by atoms with Crippen LogP contribution in [-0.4, -0.2) is 13.2 Å². The Balaban J connectivity index is 0.000000154. The van der Waals surface area contributed by atoms with E-state index >= 15 is 0 Å². The van der Waals surface area contributed by atoms with E-state index in [9.17, 15) is 0 Å². The van der Waals surface area contributed by atoms with Gasteiger partial charge in [-0.25, -0.2) is 0 Å². The number of hydrogen-bond donors (Lipinski definition) is 0. The van der Waals surface area contributed by atoms with Gasteiger partial charge in [-0.2, -0.15) is 0 Å². The monoisotopic (exact) mass is 282 g/mol. The Bertz CT molecular complexity index is 198. The number of rotatable bonds is 3. The molecule has 1 heterocycles. The number of ether oxygens (including phenoxy) is 1. The van der Waals surface area contributed by atoms with Crippen LogP contribution in [-0.2, 0) is 4.74 Å². The van der Waals surface area contributed by atoms with E-state index < -0.39 is 0 Å². The second-order valence-electron chi connectivity index (χ2n) is 6.87. The second-order valence-corrected chi connectivity index (χ2v) is 6.87. The highest BCUT2D eigenvalue weighted by Gasteiger charge is 2.17. The molecule has 1 saturated heterocycles. The maximum Gasteiger partial charge on any atom is 0.0468 e. The first-order chi connectivity index (χ1) is 9.80. The quantitative estimate of drug-likeness (QED) is 0.597. The highest BCUT2D eigenvalue weighted by Crippen LogP contribution is 2.31. The van der Waals surface area contributed by atoms with Crippen LogP contribution >= 0.6 is 0 Å². The summed E-state index contributed by atoms with van der Waals surface area (Å²) in [5, 5.41) is 0. The van der Waals surface area contributed by atoms with Crippen molar-refractivity contribution in [3.63, 3.8) is 0 Å². The predicted molar refractivity (Wildman–Crippen MR) is 89.1 cm³/mol. The molecule has 0 spiro atoms. The van der Waals surface area contributed by atoms with Crippen molar-refractivity contribution in [2.45, 2.75) is 91.4 Å². The molecule has 1 aliphatic heterocycles. The van der Waals surface area contributed by atoms with E-state index in [2.05, 4.69) is 20.8 Å². The minimum atomic E-state index is 0.962. The van der Waals surface area contributed by atoms with Gasteiger partial charge in [0.1, 0.15) is 0 Å². The van der Waals surface area contributed by atoms with Gasteiger partial charge in [0, 0.05) is 13.2 Å². The van der Waals surface area contributed by atoms with Crippen molar-refractivity contribution in [2.24, 2.45) is 17.8 Å². The molecule has 3 aliphatic rings. The Morgan fingerprint density at radius 2 is 1.00 bits per heavy atom. The van der Waals surface area contributed by atoms with Gasteiger partial charge in [-0.1, -0.05) is 78.6 Å². The summed E-state index contributed by atoms with van der Waals surface area (Å²) in [5.41, 5.74) is 0. The van der Waals surface area contributed by atoms with Crippen molar-refractivity contribution in [3.05, 3.63) is 0 Å². The van der Waals surface area contributed by atoms with Crippen molar-refractivity contribution in [3.8, 4) is 0 Å². The van der Waals surface area contributed by atoms with Crippen molar-refractivity contribution in [2.75, 3.05) is 13.2 Å². The molecular formula is C19H38O. The van der Waals surface area contributed by atoms with E-state index in [4.69, 9.17) is 4.74 Å². The lowest BCUT2D eigenvalue weighted by atomic mass is 9.98. The van der Waals surface area contributed by atoms with E-state index in [1.807, 2.05) is 0 Å². The minimum Gasteiger partial charge on any atom is -0.381 e. The molecule has 0 unspecified atom stereocenters. The first-order valence-corrected chi connectivity index (χ1v) is 9.37. The summed E-state index contributed by atoms with van der Waals surface area (Å²) in [6.45, 7) is 8.82. The van der Waals surface area contributed by atoms with Gasteiger partial charge in [0.25, 0.3) is 0 Å². The van der Waals surface area contributed by atoms with Gasteiger partial charge in [0.2, 0.25) is 0 Å². The summed E-state index contributed by atoms with van der Waals surface area (Å²) in [4.78, 5) is 0. The van der Waals surface area contributed by atoms with Crippen LogP contribution in [0.15, 0.2) is 0 Å². The Labute approximate surface area is 127 Å². The van der Waals surface area contributed by atoms with Crippen molar-refractivity contribution in [1.29, 1.82) is 0 Å². The molecule has 0 radical (unpaired) electrons. The van der Waals surface area contributed by atoms with Gasteiger partial charge >= 0.3 is 0 Å². The molecule has 1 nitrogen and oxygen atoms in total. The third-order valence-electron chi connectivity index (χ3n) is 5.24.